The van der Waals surface area contributed by atoms with E-state index in [4.69, 9.17) is 15.0 Å². The molecule has 0 saturated carbocycles. The van der Waals surface area contributed by atoms with Gasteiger partial charge >= 0.3 is 0 Å². The average Bonchev–Trinajstić information content (AvgIpc) is 2.94. The molecule has 2 aromatic rings. The smallest absolute Gasteiger partial charge is 0.169 e. The highest BCUT2D eigenvalue weighted by atomic mass is 19.1. The van der Waals surface area contributed by atoms with Crippen LogP contribution in [0.25, 0.3) is 0 Å². The lowest BCUT2D eigenvalue weighted by Crippen LogP contribution is -2.29. The highest BCUT2D eigenvalue weighted by Gasteiger charge is 2.17. The summed E-state index contributed by atoms with van der Waals surface area (Å²) in [5, 5.41) is 0. The number of aryl methyl sites for hydroxylation is 1. The van der Waals surface area contributed by atoms with Gasteiger partial charge in [0.15, 0.2) is 11.6 Å². The SMILES string of the molecule is COc1cccc(C(CCc2ccco2)NN)c1F. The van der Waals surface area contributed by atoms with Crippen LogP contribution in [-0.4, -0.2) is 7.11 Å². The summed E-state index contributed by atoms with van der Waals surface area (Å²) in [4.78, 5) is 0. The molecule has 0 saturated heterocycles. The molecule has 0 aliphatic rings. The number of halogens is 1. The summed E-state index contributed by atoms with van der Waals surface area (Å²) in [5.41, 5.74) is 3.13. The van der Waals surface area contributed by atoms with Crippen molar-refractivity contribution in [3.8, 4) is 5.75 Å². The molecule has 0 amide bonds. The van der Waals surface area contributed by atoms with E-state index in [1.165, 1.54) is 7.11 Å². The van der Waals surface area contributed by atoms with Gasteiger partial charge in [0.05, 0.1) is 13.4 Å². The maximum atomic E-state index is 14.1. The van der Waals surface area contributed by atoms with Gasteiger partial charge in [0.25, 0.3) is 0 Å². The third kappa shape index (κ3) is 3.13. The molecule has 4 nitrogen and oxygen atoms in total. The van der Waals surface area contributed by atoms with Gasteiger partial charge in [-0.15, -0.1) is 0 Å². The Labute approximate surface area is 111 Å². The highest BCUT2D eigenvalue weighted by Crippen LogP contribution is 2.27. The zero-order valence-electron chi connectivity index (χ0n) is 10.7. The molecular weight excluding hydrogens is 247 g/mol. The standard InChI is InChI=1S/C14H17FN2O2/c1-18-13-6-2-5-11(14(13)15)12(17-16)8-7-10-4-3-9-19-10/h2-6,9,12,17H,7-8,16H2,1H3. The van der Waals surface area contributed by atoms with Gasteiger partial charge in [-0.05, 0) is 24.6 Å². The fourth-order valence-electron chi connectivity index (χ4n) is 2.02. The van der Waals surface area contributed by atoms with Gasteiger partial charge in [-0.2, -0.15) is 0 Å². The van der Waals surface area contributed by atoms with Crippen molar-refractivity contribution in [1.82, 2.24) is 5.43 Å². The third-order valence-electron chi connectivity index (χ3n) is 3.05. The number of rotatable bonds is 6. The second-order valence-electron chi connectivity index (χ2n) is 4.20. The van der Waals surface area contributed by atoms with E-state index in [0.717, 1.165) is 5.76 Å². The molecule has 0 bridgehead atoms. The van der Waals surface area contributed by atoms with Gasteiger partial charge in [0.1, 0.15) is 5.76 Å². The lowest BCUT2D eigenvalue weighted by molar-refractivity contribution is 0.376. The molecule has 0 fully saturated rings. The Hall–Kier alpha value is -1.85. The summed E-state index contributed by atoms with van der Waals surface area (Å²) in [7, 11) is 1.44. The quantitative estimate of drug-likeness (QED) is 0.622. The number of nitrogens with one attached hydrogen (secondary N) is 1. The lowest BCUT2D eigenvalue weighted by Gasteiger charge is -2.17. The Balaban J connectivity index is 2.13. The Morgan fingerprint density at radius 3 is 2.84 bits per heavy atom. The van der Waals surface area contributed by atoms with E-state index in [0.29, 0.717) is 18.4 Å². The van der Waals surface area contributed by atoms with E-state index in [1.54, 1.807) is 24.5 Å². The predicted molar refractivity (Wildman–Crippen MR) is 70.0 cm³/mol. The zero-order valence-corrected chi connectivity index (χ0v) is 10.7. The maximum Gasteiger partial charge on any atom is 0.169 e. The van der Waals surface area contributed by atoms with E-state index < -0.39 is 0 Å². The van der Waals surface area contributed by atoms with Gasteiger partial charge in [-0.25, -0.2) is 4.39 Å². The minimum absolute atomic E-state index is 0.218. The molecule has 1 heterocycles. The fraction of sp³-hybridized carbons (Fsp3) is 0.286. The minimum atomic E-state index is -0.382. The molecular formula is C14H17FN2O2. The number of furan rings is 1. The van der Waals surface area contributed by atoms with Crippen molar-refractivity contribution in [3.63, 3.8) is 0 Å². The number of nitrogens with two attached hydrogens (primary N) is 1. The Morgan fingerprint density at radius 2 is 2.21 bits per heavy atom. The molecule has 0 aliphatic carbocycles. The van der Waals surface area contributed by atoms with E-state index in [1.807, 2.05) is 12.1 Å². The number of hydrogen-bond acceptors (Lipinski definition) is 4. The van der Waals surface area contributed by atoms with Crippen LogP contribution in [0.3, 0.4) is 0 Å². The summed E-state index contributed by atoms with van der Waals surface area (Å²) in [5.74, 6) is 6.20. The number of hydrazine groups is 1. The Kier molecular flexibility index (Phi) is 4.54. The highest BCUT2D eigenvalue weighted by molar-refractivity contribution is 5.33. The van der Waals surface area contributed by atoms with Crippen LogP contribution in [0.5, 0.6) is 5.75 Å². The predicted octanol–water partition coefficient (Wildman–Crippen LogP) is 2.56. The first-order chi connectivity index (χ1) is 9.26. The number of hydrogen-bond donors (Lipinski definition) is 2. The van der Waals surface area contributed by atoms with Crippen LogP contribution >= 0.6 is 0 Å². The van der Waals surface area contributed by atoms with Crippen molar-refractivity contribution in [2.45, 2.75) is 18.9 Å². The van der Waals surface area contributed by atoms with Crippen LogP contribution in [0.2, 0.25) is 0 Å². The second-order valence-corrected chi connectivity index (χ2v) is 4.20. The normalized spacial score (nSPS) is 12.4. The van der Waals surface area contributed by atoms with E-state index >= 15 is 0 Å². The van der Waals surface area contributed by atoms with Crippen molar-refractivity contribution in [3.05, 3.63) is 53.7 Å². The molecule has 2 rings (SSSR count). The molecule has 0 spiro atoms. The van der Waals surface area contributed by atoms with Crippen LogP contribution in [0, 0.1) is 5.82 Å². The summed E-state index contributed by atoms with van der Waals surface area (Å²) in [6.45, 7) is 0. The molecule has 3 N–H and O–H groups in total. The van der Waals surface area contributed by atoms with Gasteiger partial charge in [0.2, 0.25) is 0 Å². The molecule has 1 atom stereocenters. The van der Waals surface area contributed by atoms with E-state index in [-0.39, 0.29) is 17.6 Å². The molecule has 1 aromatic carbocycles. The molecule has 1 unspecified atom stereocenters. The monoisotopic (exact) mass is 264 g/mol. The van der Waals surface area contributed by atoms with Crippen molar-refractivity contribution in [1.29, 1.82) is 0 Å². The van der Waals surface area contributed by atoms with Gasteiger partial charge in [-0.1, -0.05) is 12.1 Å². The van der Waals surface area contributed by atoms with Crippen molar-refractivity contribution < 1.29 is 13.5 Å². The molecule has 5 heteroatoms. The maximum absolute atomic E-state index is 14.1. The van der Waals surface area contributed by atoms with Crippen LogP contribution in [0.15, 0.2) is 41.0 Å². The van der Waals surface area contributed by atoms with Crippen LogP contribution < -0.4 is 16.0 Å². The minimum Gasteiger partial charge on any atom is -0.494 e. The van der Waals surface area contributed by atoms with Crippen molar-refractivity contribution >= 4 is 0 Å². The largest absolute Gasteiger partial charge is 0.494 e. The van der Waals surface area contributed by atoms with Gasteiger partial charge < -0.3 is 9.15 Å². The summed E-state index contributed by atoms with van der Waals surface area (Å²) in [6, 6.07) is 8.44. The molecule has 1 aromatic heterocycles. The fourth-order valence-corrected chi connectivity index (χ4v) is 2.02. The molecule has 102 valence electrons. The molecule has 0 radical (unpaired) electrons. The number of ether oxygens (including phenoxy) is 1. The van der Waals surface area contributed by atoms with Crippen molar-refractivity contribution in [2.75, 3.05) is 7.11 Å². The first-order valence-electron chi connectivity index (χ1n) is 6.07. The lowest BCUT2D eigenvalue weighted by atomic mass is 10.0. The number of methoxy groups -OCH3 is 1. The second kappa shape index (κ2) is 6.36. The zero-order chi connectivity index (χ0) is 13.7. The average molecular weight is 264 g/mol. The molecule has 19 heavy (non-hydrogen) atoms. The van der Waals surface area contributed by atoms with Crippen LogP contribution in [0.1, 0.15) is 23.8 Å². The first kappa shape index (κ1) is 13.6. The van der Waals surface area contributed by atoms with Gasteiger partial charge in [-0.3, -0.25) is 11.3 Å². The van der Waals surface area contributed by atoms with Crippen LogP contribution in [0.4, 0.5) is 4.39 Å². The van der Waals surface area contributed by atoms with Crippen LogP contribution in [-0.2, 0) is 6.42 Å². The van der Waals surface area contributed by atoms with E-state index in [2.05, 4.69) is 5.43 Å². The Bertz CT molecular complexity index is 514. The van der Waals surface area contributed by atoms with E-state index in [9.17, 15) is 4.39 Å². The third-order valence-corrected chi connectivity index (χ3v) is 3.05. The summed E-state index contributed by atoms with van der Waals surface area (Å²) in [6.07, 6.45) is 2.93. The first-order valence-corrected chi connectivity index (χ1v) is 6.07. The summed E-state index contributed by atoms with van der Waals surface area (Å²) >= 11 is 0. The number of benzene rings is 1. The van der Waals surface area contributed by atoms with Gasteiger partial charge in [0, 0.05) is 18.0 Å². The topological polar surface area (TPSA) is 60.4 Å². The van der Waals surface area contributed by atoms with Crippen molar-refractivity contribution in [2.24, 2.45) is 5.84 Å². The summed E-state index contributed by atoms with van der Waals surface area (Å²) < 4.78 is 24.4. The molecule has 0 aliphatic heterocycles. The Morgan fingerprint density at radius 1 is 1.37 bits per heavy atom.